The van der Waals surface area contributed by atoms with Crippen LogP contribution in [0.5, 0.6) is 0 Å². The molecule has 5 nitrogen and oxygen atoms in total. The first-order chi connectivity index (χ1) is 13.0. The lowest BCUT2D eigenvalue weighted by molar-refractivity contribution is -0.144. The van der Waals surface area contributed by atoms with Crippen LogP contribution < -0.4 is 0 Å². The van der Waals surface area contributed by atoms with Gasteiger partial charge in [-0.2, -0.15) is 0 Å². The van der Waals surface area contributed by atoms with Crippen LogP contribution in [0.25, 0.3) is 11.1 Å². The van der Waals surface area contributed by atoms with Gasteiger partial charge in [-0.3, -0.25) is 4.79 Å². The van der Waals surface area contributed by atoms with Crippen LogP contribution in [-0.2, 0) is 9.53 Å². The number of carbonyl (C=O) groups is 2. The van der Waals surface area contributed by atoms with Gasteiger partial charge >= 0.3 is 12.1 Å². The van der Waals surface area contributed by atoms with E-state index in [1.165, 1.54) is 22.3 Å². The maximum atomic E-state index is 12.6. The van der Waals surface area contributed by atoms with Crippen molar-refractivity contribution in [1.82, 2.24) is 4.90 Å². The normalized spacial score (nSPS) is 21.4. The molecule has 2 aromatic rings. The minimum absolute atomic E-state index is 0.0128. The van der Waals surface area contributed by atoms with Crippen LogP contribution in [0.1, 0.15) is 30.4 Å². The van der Waals surface area contributed by atoms with Crippen molar-refractivity contribution < 1.29 is 19.4 Å². The van der Waals surface area contributed by atoms with Crippen LogP contribution in [0.3, 0.4) is 0 Å². The highest BCUT2D eigenvalue weighted by Crippen LogP contribution is 2.44. The van der Waals surface area contributed by atoms with E-state index in [0.717, 1.165) is 0 Å². The lowest BCUT2D eigenvalue weighted by atomic mass is 9.91. The largest absolute Gasteiger partial charge is 0.481 e. The van der Waals surface area contributed by atoms with E-state index in [-0.39, 0.29) is 25.0 Å². The van der Waals surface area contributed by atoms with E-state index in [1.807, 2.05) is 31.2 Å². The molecule has 0 unspecified atom stereocenters. The van der Waals surface area contributed by atoms with Gasteiger partial charge in [0.15, 0.2) is 0 Å². The molecule has 0 radical (unpaired) electrons. The Morgan fingerprint density at radius 3 is 2.22 bits per heavy atom. The first kappa shape index (κ1) is 17.6. The monoisotopic (exact) mass is 365 g/mol. The maximum absolute atomic E-state index is 12.6. The van der Waals surface area contributed by atoms with Crippen molar-refractivity contribution in [2.24, 2.45) is 11.8 Å². The summed E-state index contributed by atoms with van der Waals surface area (Å²) < 4.78 is 5.65. The van der Waals surface area contributed by atoms with Crippen molar-refractivity contribution in [3.63, 3.8) is 0 Å². The molecule has 1 saturated heterocycles. The fourth-order valence-electron chi connectivity index (χ4n) is 4.36. The predicted octanol–water partition coefficient (Wildman–Crippen LogP) is 3.98. The van der Waals surface area contributed by atoms with Crippen molar-refractivity contribution >= 4 is 12.1 Å². The number of amides is 1. The summed E-state index contributed by atoms with van der Waals surface area (Å²) in [5.41, 5.74) is 4.71. The Morgan fingerprint density at radius 2 is 1.63 bits per heavy atom. The molecule has 1 aliphatic heterocycles. The van der Waals surface area contributed by atoms with E-state index in [1.54, 1.807) is 4.90 Å². The quantitative estimate of drug-likeness (QED) is 0.893. The number of fused-ring (bicyclic) bond motifs is 3. The molecule has 5 heteroatoms. The van der Waals surface area contributed by atoms with Crippen LogP contribution in [0, 0.1) is 11.8 Å². The molecule has 0 bridgehead atoms. The first-order valence-electron chi connectivity index (χ1n) is 9.37. The fourth-order valence-corrected chi connectivity index (χ4v) is 4.36. The maximum Gasteiger partial charge on any atom is 0.409 e. The van der Waals surface area contributed by atoms with Gasteiger partial charge in [0.25, 0.3) is 0 Å². The second-order valence-corrected chi connectivity index (χ2v) is 7.59. The standard InChI is InChI=1S/C22H23NO4/c1-14-10-15(21(24)25)12-23(11-14)22(26)27-13-20-18-8-4-2-6-16(18)17-7-3-5-9-19(17)20/h2-9,14-15,20H,10-13H2,1H3,(H,24,25)/t14-,15-/m0/s1. The number of rotatable bonds is 3. The molecular weight excluding hydrogens is 342 g/mol. The smallest absolute Gasteiger partial charge is 0.409 e. The molecule has 0 spiro atoms. The van der Waals surface area contributed by atoms with Crippen LogP contribution >= 0.6 is 0 Å². The zero-order valence-electron chi connectivity index (χ0n) is 15.3. The molecule has 2 aliphatic rings. The zero-order chi connectivity index (χ0) is 19.0. The molecule has 1 fully saturated rings. The SMILES string of the molecule is C[C@H]1C[C@H](C(=O)O)CN(C(=O)OCC2c3ccccc3-c3ccccc32)C1. The summed E-state index contributed by atoms with van der Waals surface area (Å²) >= 11 is 0. The predicted molar refractivity (Wildman–Crippen MR) is 102 cm³/mol. The molecular formula is C22H23NO4. The summed E-state index contributed by atoms with van der Waals surface area (Å²) in [6.45, 7) is 2.99. The number of carboxylic acids is 1. The van der Waals surface area contributed by atoms with Crippen LogP contribution in [-0.4, -0.2) is 41.8 Å². The van der Waals surface area contributed by atoms with Gasteiger partial charge in [-0.1, -0.05) is 55.5 Å². The molecule has 4 rings (SSSR count). The molecule has 27 heavy (non-hydrogen) atoms. The Bertz CT molecular complexity index is 833. The lowest BCUT2D eigenvalue weighted by Crippen LogP contribution is -2.46. The molecule has 1 amide bonds. The number of ether oxygens (including phenoxy) is 1. The van der Waals surface area contributed by atoms with Crippen molar-refractivity contribution in [3.05, 3.63) is 59.7 Å². The van der Waals surface area contributed by atoms with Gasteiger partial charge in [0.05, 0.1) is 5.92 Å². The summed E-state index contributed by atoms with van der Waals surface area (Å²) in [5, 5.41) is 9.30. The van der Waals surface area contributed by atoms with Gasteiger partial charge in [-0.25, -0.2) is 4.79 Å². The van der Waals surface area contributed by atoms with Gasteiger partial charge in [0, 0.05) is 19.0 Å². The Balaban J connectivity index is 1.49. The highest BCUT2D eigenvalue weighted by molar-refractivity contribution is 5.79. The third-order valence-electron chi connectivity index (χ3n) is 5.60. The summed E-state index contributed by atoms with van der Waals surface area (Å²) in [7, 11) is 0. The summed E-state index contributed by atoms with van der Waals surface area (Å²) in [6, 6.07) is 16.4. The Hall–Kier alpha value is -2.82. The fraction of sp³-hybridized carbons (Fsp3) is 0.364. The number of hydrogen-bond acceptors (Lipinski definition) is 3. The van der Waals surface area contributed by atoms with Gasteiger partial charge in [0.2, 0.25) is 0 Å². The number of likely N-dealkylation sites (tertiary alicyclic amines) is 1. The van der Waals surface area contributed by atoms with Crippen LogP contribution in [0.2, 0.25) is 0 Å². The summed E-state index contributed by atoms with van der Waals surface area (Å²) in [6.07, 6.45) is 0.178. The highest BCUT2D eigenvalue weighted by atomic mass is 16.6. The topological polar surface area (TPSA) is 66.8 Å². The number of carbonyl (C=O) groups excluding carboxylic acids is 1. The molecule has 2 aromatic carbocycles. The number of aliphatic carboxylic acids is 1. The van der Waals surface area contributed by atoms with E-state index in [9.17, 15) is 14.7 Å². The lowest BCUT2D eigenvalue weighted by Gasteiger charge is -2.34. The molecule has 140 valence electrons. The van der Waals surface area contributed by atoms with Crippen molar-refractivity contribution in [1.29, 1.82) is 0 Å². The first-order valence-corrected chi connectivity index (χ1v) is 9.37. The second kappa shape index (κ2) is 7.06. The molecule has 2 atom stereocenters. The molecule has 0 aromatic heterocycles. The van der Waals surface area contributed by atoms with Gasteiger partial charge < -0.3 is 14.7 Å². The van der Waals surface area contributed by atoms with Crippen LogP contribution in [0.15, 0.2) is 48.5 Å². The Morgan fingerprint density at radius 1 is 1.04 bits per heavy atom. The molecule has 1 heterocycles. The average molecular weight is 365 g/mol. The Labute approximate surface area is 158 Å². The number of benzene rings is 2. The minimum atomic E-state index is -0.849. The Kier molecular flexibility index (Phi) is 4.60. The molecule has 1 N–H and O–H groups in total. The average Bonchev–Trinajstić information content (AvgIpc) is 2.99. The van der Waals surface area contributed by atoms with Gasteiger partial charge in [-0.05, 0) is 34.6 Å². The van der Waals surface area contributed by atoms with E-state index in [4.69, 9.17) is 4.74 Å². The van der Waals surface area contributed by atoms with Crippen molar-refractivity contribution in [2.45, 2.75) is 19.3 Å². The third-order valence-corrected chi connectivity index (χ3v) is 5.60. The summed E-state index contributed by atoms with van der Waals surface area (Å²) in [4.78, 5) is 25.5. The van der Waals surface area contributed by atoms with Crippen molar-refractivity contribution in [2.75, 3.05) is 19.7 Å². The minimum Gasteiger partial charge on any atom is -0.481 e. The second-order valence-electron chi connectivity index (χ2n) is 7.59. The van der Waals surface area contributed by atoms with Crippen LogP contribution in [0.4, 0.5) is 4.79 Å². The number of piperidine rings is 1. The van der Waals surface area contributed by atoms with Gasteiger partial charge in [0.1, 0.15) is 6.61 Å². The van der Waals surface area contributed by atoms with E-state index in [0.29, 0.717) is 13.0 Å². The van der Waals surface area contributed by atoms with Crippen molar-refractivity contribution in [3.8, 4) is 11.1 Å². The van der Waals surface area contributed by atoms with E-state index in [2.05, 4.69) is 24.3 Å². The highest BCUT2D eigenvalue weighted by Gasteiger charge is 2.34. The summed E-state index contributed by atoms with van der Waals surface area (Å²) in [5.74, 6) is -1.20. The van der Waals surface area contributed by atoms with Gasteiger partial charge in [-0.15, -0.1) is 0 Å². The zero-order valence-corrected chi connectivity index (χ0v) is 15.3. The van der Waals surface area contributed by atoms with E-state index >= 15 is 0 Å². The molecule has 1 aliphatic carbocycles. The van der Waals surface area contributed by atoms with E-state index < -0.39 is 18.0 Å². The number of hydrogen-bond donors (Lipinski definition) is 1. The molecule has 0 saturated carbocycles. The third kappa shape index (κ3) is 3.29. The number of carboxylic acid groups (broad SMARTS) is 1. The number of nitrogens with zero attached hydrogens (tertiary/aromatic N) is 1.